The summed E-state index contributed by atoms with van der Waals surface area (Å²) in [5, 5.41) is 0. The second-order valence-corrected chi connectivity index (χ2v) is 2.19. The number of aromatic nitrogens is 1. The van der Waals surface area contributed by atoms with Crippen molar-refractivity contribution in [2.75, 3.05) is 0 Å². The molecule has 0 unspecified atom stereocenters. The number of rotatable bonds is 1. The van der Waals surface area contributed by atoms with Gasteiger partial charge in [0.1, 0.15) is 0 Å². The molecule has 0 aromatic carbocycles. The number of nitrogens with zero attached hydrogens (tertiary/aromatic N) is 1. The molecular formula is C8H6BNO. The van der Waals surface area contributed by atoms with Crippen molar-refractivity contribution < 1.29 is 4.42 Å². The predicted octanol–water partition coefficient (Wildman–Crippen LogP) is 1.68. The summed E-state index contributed by atoms with van der Waals surface area (Å²) < 4.78 is 5.16. The van der Waals surface area contributed by atoms with E-state index in [9.17, 15) is 0 Å². The molecule has 0 fully saturated rings. The third-order valence-electron chi connectivity index (χ3n) is 1.44. The van der Waals surface area contributed by atoms with Crippen LogP contribution < -0.4 is 0 Å². The van der Waals surface area contributed by atoms with Gasteiger partial charge in [-0.2, -0.15) is 0 Å². The van der Waals surface area contributed by atoms with Crippen LogP contribution in [0.1, 0.15) is 0 Å². The monoisotopic (exact) mass is 143 g/mol. The molecule has 0 bridgehead atoms. The standard InChI is InChI=1S/C8H6BNO/c1-2-5-10-7(3-1)8-9-4-6-11-8/h1-6H. The Kier molecular flexibility index (Phi) is 1.56. The van der Waals surface area contributed by atoms with Gasteiger partial charge in [-0.3, -0.25) is 0 Å². The van der Waals surface area contributed by atoms with Gasteiger partial charge in [-0.25, -0.2) is 0 Å². The van der Waals surface area contributed by atoms with E-state index in [1.165, 1.54) is 0 Å². The Hall–Kier alpha value is -1.38. The van der Waals surface area contributed by atoms with Crippen molar-refractivity contribution in [3.05, 3.63) is 36.6 Å². The molecule has 2 nitrogen and oxygen atoms in total. The van der Waals surface area contributed by atoms with Crippen LogP contribution in [0.5, 0.6) is 0 Å². The van der Waals surface area contributed by atoms with Gasteiger partial charge in [-0.15, -0.1) is 0 Å². The van der Waals surface area contributed by atoms with Gasteiger partial charge in [0.2, 0.25) is 0 Å². The maximum absolute atomic E-state index is 5.16. The van der Waals surface area contributed by atoms with E-state index in [0.29, 0.717) is 0 Å². The minimum atomic E-state index is 0.811. The molecule has 0 atom stereocenters. The first-order valence-electron chi connectivity index (χ1n) is 3.42. The van der Waals surface area contributed by atoms with Gasteiger partial charge < -0.3 is 0 Å². The maximum atomic E-state index is 5.16. The molecule has 0 amide bonds. The van der Waals surface area contributed by atoms with Crippen molar-refractivity contribution in [2.24, 2.45) is 0 Å². The first kappa shape index (κ1) is 6.34. The summed E-state index contributed by atoms with van der Waals surface area (Å²) in [5.41, 5.74) is 1.68. The van der Waals surface area contributed by atoms with Crippen LogP contribution in [0.3, 0.4) is 0 Å². The minimum absolute atomic E-state index is 0.811. The molecular weight excluding hydrogens is 137 g/mol. The van der Waals surface area contributed by atoms with Gasteiger partial charge in [0.15, 0.2) is 0 Å². The van der Waals surface area contributed by atoms with E-state index in [1.54, 1.807) is 12.5 Å². The Balaban J connectivity index is 2.46. The predicted molar refractivity (Wildman–Crippen MR) is 43.3 cm³/mol. The molecule has 2 aromatic rings. The zero-order valence-electron chi connectivity index (χ0n) is 5.90. The Morgan fingerprint density at radius 3 is 3.00 bits per heavy atom. The summed E-state index contributed by atoms with van der Waals surface area (Å²) >= 11 is 0. The van der Waals surface area contributed by atoms with E-state index < -0.39 is 0 Å². The zero-order valence-corrected chi connectivity index (χ0v) is 5.90. The van der Waals surface area contributed by atoms with Gasteiger partial charge >= 0.3 is 64.3 Å². The van der Waals surface area contributed by atoms with Crippen LogP contribution in [0.15, 0.2) is 41.0 Å². The fourth-order valence-corrected chi connectivity index (χ4v) is 0.933. The molecule has 0 aliphatic heterocycles. The van der Waals surface area contributed by atoms with Gasteiger partial charge in [-0.1, -0.05) is 0 Å². The number of hydrogen-bond acceptors (Lipinski definition) is 2. The fraction of sp³-hybridized carbons (Fsp3) is 0. The molecule has 0 N–H and O–H groups in total. The Morgan fingerprint density at radius 2 is 2.36 bits per heavy atom. The van der Waals surface area contributed by atoms with Gasteiger partial charge in [0.25, 0.3) is 0 Å². The topological polar surface area (TPSA) is 26.0 Å². The second-order valence-electron chi connectivity index (χ2n) is 2.19. The molecule has 0 spiro atoms. The molecule has 0 saturated heterocycles. The normalized spacial score (nSPS) is 9.45. The van der Waals surface area contributed by atoms with E-state index in [4.69, 9.17) is 4.42 Å². The molecule has 0 aliphatic carbocycles. The fourth-order valence-electron chi connectivity index (χ4n) is 0.933. The molecule has 3 heteroatoms. The second kappa shape index (κ2) is 2.70. The third-order valence-corrected chi connectivity index (χ3v) is 1.44. The number of hydrogen-bond donors (Lipinski definition) is 0. The molecule has 0 aliphatic rings. The summed E-state index contributed by atoms with van der Waals surface area (Å²) in [6.07, 6.45) is 3.39. The average molecular weight is 143 g/mol. The molecule has 0 radical (unpaired) electrons. The molecule has 11 heavy (non-hydrogen) atoms. The van der Waals surface area contributed by atoms with Crippen LogP contribution in [-0.2, 0) is 0 Å². The van der Waals surface area contributed by atoms with Crippen molar-refractivity contribution in [2.45, 2.75) is 0 Å². The van der Waals surface area contributed by atoms with E-state index in [0.717, 1.165) is 11.3 Å². The third kappa shape index (κ3) is 1.22. The summed E-state index contributed by atoms with van der Waals surface area (Å²) in [7, 11) is 0. The van der Waals surface area contributed by atoms with Crippen molar-refractivity contribution in [3.63, 3.8) is 0 Å². The van der Waals surface area contributed by atoms with Crippen LogP contribution in [-0.4, -0.2) is 11.9 Å². The molecule has 0 saturated carbocycles. The quantitative estimate of drug-likeness (QED) is 0.606. The van der Waals surface area contributed by atoms with Crippen molar-refractivity contribution in [1.29, 1.82) is 0 Å². The molecule has 52 valence electrons. The first-order valence-corrected chi connectivity index (χ1v) is 3.42. The van der Waals surface area contributed by atoms with Gasteiger partial charge in [-0.05, 0) is 0 Å². The van der Waals surface area contributed by atoms with E-state index in [2.05, 4.69) is 4.98 Å². The Morgan fingerprint density at radius 1 is 1.36 bits per heavy atom. The van der Waals surface area contributed by atoms with Crippen LogP contribution in [0.4, 0.5) is 0 Å². The Bertz CT molecular complexity index is 317. The Labute approximate surface area is 65.1 Å². The summed E-state index contributed by atoms with van der Waals surface area (Å²) in [5.74, 6) is 1.85. The zero-order chi connectivity index (χ0) is 7.52. The van der Waals surface area contributed by atoms with Gasteiger partial charge in [0, 0.05) is 0 Å². The van der Waals surface area contributed by atoms with Crippen molar-refractivity contribution in [3.8, 4) is 11.3 Å². The van der Waals surface area contributed by atoms with Crippen LogP contribution in [0, 0.1) is 0 Å². The number of pyridine rings is 1. The van der Waals surface area contributed by atoms with E-state index >= 15 is 0 Å². The molecule has 2 aromatic heterocycles. The van der Waals surface area contributed by atoms with Gasteiger partial charge in [0.05, 0.1) is 0 Å². The van der Waals surface area contributed by atoms with E-state index in [-0.39, 0.29) is 0 Å². The van der Waals surface area contributed by atoms with E-state index in [1.807, 2.05) is 31.1 Å². The molecule has 2 rings (SSSR count). The first-order chi connectivity index (χ1) is 5.47. The van der Waals surface area contributed by atoms with Crippen LogP contribution in [0.25, 0.3) is 11.3 Å². The van der Waals surface area contributed by atoms with Crippen LogP contribution in [0.2, 0.25) is 0 Å². The van der Waals surface area contributed by atoms with Crippen molar-refractivity contribution in [1.82, 2.24) is 4.98 Å². The summed E-state index contributed by atoms with van der Waals surface area (Å²) in [6.45, 7) is 1.89. The average Bonchev–Trinajstić information content (AvgIpc) is 2.58. The summed E-state index contributed by atoms with van der Waals surface area (Å²) in [4.78, 5) is 4.13. The van der Waals surface area contributed by atoms with Crippen molar-refractivity contribution >= 4 is 6.91 Å². The van der Waals surface area contributed by atoms with Crippen LogP contribution >= 0.6 is 0 Å². The SMILES string of the molecule is b1ccoc1-c1ccccn1. The summed E-state index contributed by atoms with van der Waals surface area (Å²) in [6, 6.07) is 5.73. The molecule has 2 heterocycles.